The lowest BCUT2D eigenvalue weighted by Crippen LogP contribution is -1.95. The molecule has 3 nitrogen and oxygen atoms in total. The number of terminal acetylenes is 1. The maximum absolute atomic E-state index is 9.18. The van der Waals surface area contributed by atoms with Gasteiger partial charge in [0.25, 0.3) is 0 Å². The maximum atomic E-state index is 9.18. The smallest absolute Gasteiger partial charge is 0.212 e. The van der Waals surface area contributed by atoms with Crippen LogP contribution in [0.15, 0.2) is 18.3 Å². The first-order chi connectivity index (χ1) is 5.77. The Hall–Kier alpha value is -1.53. The second kappa shape index (κ2) is 3.74. The first kappa shape index (κ1) is 8.57. The molecule has 0 amide bonds. The highest BCUT2D eigenvalue weighted by molar-refractivity contribution is 5.23. The molecule has 0 radical (unpaired) electrons. The summed E-state index contributed by atoms with van der Waals surface area (Å²) < 4.78 is 4.84. The highest BCUT2D eigenvalue weighted by atomic mass is 16.5. The Balaban J connectivity index is 2.86. The van der Waals surface area contributed by atoms with Crippen molar-refractivity contribution in [2.24, 2.45) is 0 Å². The molecule has 1 atom stereocenters. The summed E-state index contributed by atoms with van der Waals surface area (Å²) in [6, 6.07) is 3.33. The van der Waals surface area contributed by atoms with Gasteiger partial charge in [0.15, 0.2) is 0 Å². The average molecular weight is 163 g/mol. The molecule has 0 fully saturated rings. The zero-order valence-electron chi connectivity index (χ0n) is 6.69. The van der Waals surface area contributed by atoms with Crippen molar-refractivity contribution in [1.29, 1.82) is 0 Å². The van der Waals surface area contributed by atoms with Gasteiger partial charge in [-0.05, 0) is 6.07 Å². The van der Waals surface area contributed by atoms with Crippen LogP contribution in [-0.2, 0) is 0 Å². The van der Waals surface area contributed by atoms with Crippen molar-refractivity contribution in [3.8, 4) is 18.2 Å². The minimum atomic E-state index is -0.886. The van der Waals surface area contributed by atoms with Gasteiger partial charge in [0, 0.05) is 17.8 Å². The predicted octanol–water partition coefficient (Wildman–Crippen LogP) is 0.757. The summed E-state index contributed by atoms with van der Waals surface area (Å²) in [5.74, 6) is 2.70. The quantitative estimate of drug-likeness (QED) is 0.654. The summed E-state index contributed by atoms with van der Waals surface area (Å²) in [4.78, 5) is 3.89. The molecule has 3 heteroatoms. The van der Waals surface area contributed by atoms with E-state index in [0.29, 0.717) is 11.4 Å². The number of methoxy groups -OCH3 is 1. The van der Waals surface area contributed by atoms with Gasteiger partial charge in [-0.2, -0.15) is 0 Å². The molecule has 0 saturated carbocycles. The van der Waals surface area contributed by atoms with Gasteiger partial charge in [-0.15, -0.1) is 6.42 Å². The number of nitrogens with zero attached hydrogens (tertiary/aromatic N) is 1. The Morgan fingerprint density at radius 1 is 1.67 bits per heavy atom. The fourth-order valence-electron chi connectivity index (χ4n) is 0.770. The summed E-state index contributed by atoms with van der Waals surface area (Å²) in [5, 5.41) is 9.18. The van der Waals surface area contributed by atoms with Gasteiger partial charge in [0.1, 0.15) is 6.10 Å². The van der Waals surface area contributed by atoms with Gasteiger partial charge < -0.3 is 9.84 Å². The minimum Gasteiger partial charge on any atom is -0.481 e. The summed E-state index contributed by atoms with van der Waals surface area (Å²) >= 11 is 0. The maximum Gasteiger partial charge on any atom is 0.212 e. The number of rotatable bonds is 2. The van der Waals surface area contributed by atoms with Crippen LogP contribution in [0, 0.1) is 12.3 Å². The van der Waals surface area contributed by atoms with Gasteiger partial charge in [-0.1, -0.05) is 5.92 Å². The van der Waals surface area contributed by atoms with E-state index in [2.05, 4.69) is 10.9 Å². The van der Waals surface area contributed by atoms with Crippen molar-refractivity contribution in [1.82, 2.24) is 4.98 Å². The van der Waals surface area contributed by atoms with Gasteiger partial charge in [0.2, 0.25) is 5.88 Å². The molecule has 1 heterocycles. The molecule has 1 aromatic heterocycles. The number of pyridine rings is 1. The fourth-order valence-corrected chi connectivity index (χ4v) is 0.770. The largest absolute Gasteiger partial charge is 0.481 e. The molecule has 0 aliphatic heterocycles. The van der Waals surface area contributed by atoms with Crippen LogP contribution in [0.5, 0.6) is 5.88 Å². The number of aliphatic hydroxyl groups is 1. The van der Waals surface area contributed by atoms with Crippen LogP contribution >= 0.6 is 0 Å². The molecule has 0 spiro atoms. The monoisotopic (exact) mass is 163 g/mol. The highest BCUT2D eigenvalue weighted by Crippen LogP contribution is 2.13. The van der Waals surface area contributed by atoms with E-state index in [1.165, 1.54) is 13.3 Å². The normalized spacial score (nSPS) is 11.8. The Labute approximate surface area is 71.0 Å². The van der Waals surface area contributed by atoms with Crippen molar-refractivity contribution >= 4 is 0 Å². The number of aromatic nitrogens is 1. The zero-order valence-corrected chi connectivity index (χ0v) is 6.69. The van der Waals surface area contributed by atoms with Gasteiger partial charge >= 0.3 is 0 Å². The van der Waals surface area contributed by atoms with E-state index in [9.17, 15) is 5.11 Å². The second-order valence-corrected chi connectivity index (χ2v) is 2.20. The SMILES string of the molecule is C#CC(O)c1ccc(OC)nc1. The zero-order chi connectivity index (χ0) is 8.97. The van der Waals surface area contributed by atoms with E-state index in [4.69, 9.17) is 11.2 Å². The molecule has 1 unspecified atom stereocenters. The van der Waals surface area contributed by atoms with E-state index < -0.39 is 6.10 Å². The fraction of sp³-hybridized carbons (Fsp3) is 0.222. The Morgan fingerprint density at radius 2 is 2.42 bits per heavy atom. The number of hydrogen-bond acceptors (Lipinski definition) is 3. The molecule has 0 bridgehead atoms. The van der Waals surface area contributed by atoms with E-state index >= 15 is 0 Å². The molecule has 1 rings (SSSR count). The van der Waals surface area contributed by atoms with Crippen molar-refractivity contribution in [3.05, 3.63) is 23.9 Å². The Bertz CT molecular complexity index is 286. The lowest BCUT2D eigenvalue weighted by atomic mass is 10.2. The third-order valence-electron chi connectivity index (χ3n) is 1.44. The average Bonchev–Trinajstić information content (AvgIpc) is 2.17. The summed E-state index contributed by atoms with van der Waals surface area (Å²) in [5.41, 5.74) is 0.596. The molecule has 0 saturated heterocycles. The number of ether oxygens (including phenoxy) is 1. The summed E-state index contributed by atoms with van der Waals surface area (Å²) in [6.45, 7) is 0. The molecule has 0 aliphatic rings. The number of hydrogen-bond donors (Lipinski definition) is 1. The summed E-state index contributed by atoms with van der Waals surface area (Å²) in [7, 11) is 1.53. The van der Waals surface area contributed by atoms with Crippen LogP contribution in [-0.4, -0.2) is 17.2 Å². The van der Waals surface area contributed by atoms with Crippen molar-refractivity contribution < 1.29 is 9.84 Å². The molecule has 0 aromatic carbocycles. The van der Waals surface area contributed by atoms with E-state index in [1.807, 2.05) is 0 Å². The molecule has 12 heavy (non-hydrogen) atoms. The molecule has 1 aromatic rings. The van der Waals surface area contributed by atoms with E-state index in [-0.39, 0.29) is 0 Å². The lowest BCUT2D eigenvalue weighted by Gasteiger charge is -2.03. The first-order valence-corrected chi connectivity index (χ1v) is 3.42. The first-order valence-electron chi connectivity index (χ1n) is 3.42. The van der Waals surface area contributed by atoms with E-state index in [0.717, 1.165) is 0 Å². The Kier molecular flexibility index (Phi) is 2.67. The predicted molar refractivity (Wildman–Crippen MR) is 44.6 cm³/mol. The third kappa shape index (κ3) is 1.74. The molecule has 1 N–H and O–H groups in total. The standard InChI is InChI=1S/C9H9NO2/c1-3-8(11)7-4-5-9(12-2)10-6-7/h1,4-6,8,11H,2H3. The van der Waals surface area contributed by atoms with Crippen LogP contribution in [0.3, 0.4) is 0 Å². The molecular formula is C9H9NO2. The van der Waals surface area contributed by atoms with Crippen LogP contribution < -0.4 is 4.74 Å². The molecule has 62 valence electrons. The molecular weight excluding hydrogens is 154 g/mol. The minimum absolute atomic E-state index is 0.503. The lowest BCUT2D eigenvalue weighted by molar-refractivity contribution is 0.238. The van der Waals surface area contributed by atoms with Crippen LogP contribution in [0.1, 0.15) is 11.7 Å². The Morgan fingerprint density at radius 3 is 2.83 bits per heavy atom. The van der Waals surface area contributed by atoms with Crippen LogP contribution in [0.2, 0.25) is 0 Å². The van der Waals surface area contributed by atoms with Crippen molar-refractivity contribution in [2.75, 3.05) is 7.11 Å². The van der Waals surface area contributed by atoms with Gasteiger partial charge in [-0.3, -0.25) is 0 Å². The van der Waals surface area contributed by atoms with Crippen LogP contribution in [0.4, 0.5) is 0 Å². The van der Waals surface area contributed by atoms with Gasteiger partial charge in [-0.25, -0.2) is 4.98 Å². The van der Waals surface area contributed by atoms with Crippen LogP contribution in [0.25, 0.3) is 0 Å². The number of aliphatic hydroxyl groups excluding tert-OH is 1. The molecule has 0 aliphatic carbocycles. The van der Waals surface area contributed by atoms with Crippen molar-refractivity contribution in [2.45, 2.75) is 6.10 Å². The van der Waals surface area contributed by atoms with Crippen molar-refractivity contribution in [3.63, 3.8) is 0 Å². The highest BCUT2D eigenvalue weighted by Gasteiger charge is 2.02. The van der Waals surface area contributed by atoms with Gasteiger partial charge in [0.05, 0.1) is 7.11 Å². The van der Waals surface area contributed by atoms with E-state index in [1.54, 1.807) is 12.1 Å². The topological polar surface area (TPSA) is 42.4 Å². The third-order valence-corrected chi connectivity index (χ3v) is 1.44. The second-order valence-electron chi connectivity index (χ2n) is 2.20. The summed E-state index contributed by atoms with van der Waals surface area (Å²) in [6.07, 6.45) is 5.62.